The summed E-state index contributed by atoms with van der Waals surface area (Å²) in [7, 11) is -3.89. The van der Waals surface area contributed by atoms with Crippen LogP contribution < -0.4 is 10.0 Å². The van der Waals surface area contributed by atoms with E-state index in [0.717, 1.165) is 0 Å². The number of aromatic nitrogens is 2. The Morgan fingerprint density at radius 2 is 1.38 bits per heavy atom. The molecular formula is C21H17FN4O2S. The van der Waals surface area contributed by atoms with Crippen LogP contribution in [0.25, 0.3) is 11.0 Å². The molecule has 0 aliphatic heterocycles. The minimum Gasteiger partial charge on any atom is -0.337 e. The Balaban J connectivity index is 1.79. The highest BCUT2D eigenvalue weighted by atomic mass is 32.2. The number of benzene rings is 3. The van der Waals surface area contributed by atoms with Gasteiger partial charge in [-0.15, -0.1) is 0 Å². The van der Waals surface area contributed by atoms with Crippen LogP contribution in [0.15, 0.2) is 77.7 Å². The minimum absolute atomic E-state index is 0.0521. The molecule has 0 saturated carbocycles. The van der Waals surface area contributed by atoms with E-state index in [1.807, 2.05) is 6.07 Å². The van der Waals surface area contributed by atoms with Gasteiger partial charge in [-0.25, -0.2) is 22.8 Å². The molecule has 0 aliphatic carbocycles. The topological polar surface area (TPSA) is 84.0 Å². The van der Waals surface area contributed by atoms with Gasteiger partial charge in [-0.3, -0.25) is 4.72 Å². The molecule has 0 bridgehead atoms. The molecule has 8 heteroatoms. The van der Waals surface area contributed by atoms with E-state index < -0.39 is 10.0 Å². The molecule has 2 N–H and O–H groups in total. The van der Waals surface area contributed by atoms with Gasteiger partial charge in [0.15, 0.2) is 11.6 Å². The van der Waals surface area contributed by atoms with Crippen LogP contribution in [0, 0.1) is 12.7 Å². The lowest BCUT2D eigenvalue weighted by molar-refractivity contribution is 0.600. The van der Waals surface area contributed by atoms with Crippen LogP contribution in [0.5, 0.6) is 0 Å². The first-order valence-corrected chi connectivity index (χ1v) is 10.3. The Hall–Kier alpha value is -3.52. The predicted octanol–water partition coefficient (Wildman–Crippen LogP) is 4.62. The maximum Gasteiger partial charge on any atom is 0.263 e. The lowest BCUT2D eigenvalue weighted by Crippen LogP contribution is -2.17. The molecule has 6 nitrogen and oxygen atoms in total. The van der Waals surface area contributed by atoms with Gasteiger partial charge in [0.2, 0.25) is 0 Å². The number of nitrogens with one attached hydrogen (secondary N) is 2. The highest BCUT2D eigenvalue weighted by Gasteiger charge is 2.20. The summed E-state index contributed by atoms with van der Waals surface area (Å²) in [5, 5.41) is 3.01. The average Bonchev–Trinajstić information content (AvgIpc) is 2.70. The Kier molecular flexibility index (Phi) is 4.85. The lowest BCUT2D eigenvalue weighted by atomic mass is 10.2. The SMILES string of the molecule is Cc1ccccc1S(=O)(=O)Nc1nc2ccccc2nc1Nc1ccc(F)cc1. The minimum atomic E-state index is -3.89. The Morgan fingerprint density at radius 3 is 2.03 bits per heavy atom. The summed E-state index contributed by atoms with van der Waals surface area (Å²) >= 11 is 0. The zero-order chi connectivity index (χ0) is 20.4. The van der Waals surface area contributed by atoms with E-state index in [1.54, 1.807) is 43.3 Å². The standard InChI is InChI=1S/C21H17FN4O2S/c1-14-6-2-5-9-19(14)29(27,28)26-21-20(23-16-12-10-15(22)11-13-16)24-17-7-3-4-8-18(17)25-21/h2-13H,1H3,(H,23,24)(H,25,26). The third kappa shape index (κ3) is 4.02. The van der Waals surface area contributed by atoms with Crippen molar-refractivity contribution in [2.24, 2.45) is 0 Å². The lowest BCUT2D eigenvalue weighted by Gasteiger charge is -2.14. The van der Waals surface area contributed by atoms with Gasteiger partial charge in [-0.1, -0.05) is 30.3 Å². The van der Waals surface area contributed by atoms with Crippen LogP contribution >= 0.6 is 0 Å². The van der Waals surface area contributed by atoms with Gasteiger partial charge < -0.3 is 5.32 Å². The van der Waals surface area contributed by atoms with Crippen molar-refractivity contribution in [3.63, 3.8) is 0 Å². The van der Waals surface area contributed by atoms with E-state index in [4.69, 9.17) is 0 Å². The molecule has 0 fully saturated rings. The highest BCUT2D eigenvalue weighted by molar-refractivity contribution is 7.92. The first kappa shape index (κ1) is 18.8. The zero-order valence-corrected chi connectivity index (χ0v) is 16.2. The molecule has 4 aromatic rings. The fourth-order valence-electron chi connectivity index (χ4n) is 2.87. The number of para-hydroxylation sites is 2. The van der Waals surface area contributed by atoms with Crippen molar-refractivity contribution < 1.29 is 12.8 Å². The van der Waals surface area contributed by atoms with Gasteiger partial charge in [-0.2, -0.15) is 0 Å². The number of fused-ring (bicyclic) bond motifs is 1. The number of halogens is 1. The maximum absolute atomic E-state index is 13.2. The maximum atomic E-state index is 13.2. The van der Waals surface area contributed by atoms with Crippen LogP contribution in [0.4, 0.5) is 21.7 Å². The van der Waals surface area contributed by atoms with Crippen molar-refractivity contribution in [3.8, 4) is 0 Å². The molecular weight excluding hydrogens is 391 g/mol. The normalized spacial score (nSPS) is 11.4. The van der Waals surface area contributed by atoms with Crippen molar-refractivity contribution in [2.75, 3.05) is 10.0 Å². The number of anilines is 3. The third-order valence-corrected chi connectivity index (χ3v) is 5.79. The first-order chi connectivity index (χ1) is 13.9. The van der Waals surface area contributed by atoms with Crippen LogP contribution in [0.1, 0.15) is 5.56 Å². The van der Waals surface area contributed by atoms with Crippen LogP contribution in [0.2, 0.25) is 0 Å². The second kappa shape index (κ2) is 7.48. The fraction of sp³-hybridized carbons (Fsp3) is 0.0476. The summed E-state index contributed by atoms with van der Waals surface area (Å²) in [6.45, 7) is 1.72. The summed E-state index contributed by atoms with van der Waals surface area (Å²) in [6.07, 6.45) is 0. The monoisotopic (exact) mass is 408 g/mol. The largest absolute Gasteiger partial charge is 0.337 e. The molecule has 0 saturated heterocycles. The van der Waals surface area contributed by atoms with Gasteiger partial charge in [0.05, 0.1) is 15.9 Å². The molecule has 29 heavy (non-hydrogen) atoms. The van der Waals surface area contributed by atoms with E-state index >= 15 is 0 Å². The van der Waals surface area contributed by atoms with E-state index in [-0.39, 0.29) is 22.3 Å². The zero-order valence-electron chi connectivity index (χ0n) is 15.4. The number of rotatable bonds is 5. The first-order valence-electron chi connectivity index (χ1n) is 8.80. The van der Waals surface area contributed by atoms with Crippen molar-refractivity contribution >= 4 is 38.4 Å². The van der Waals surface area contributed by atoms with Crippen LogP contribution in [0.3, 0.4) is 0 Å². The van der Waals surface area contributed by atoms with Gasteiger partial charge in [-0.05, 0) is 55.0 Å². The van der Waals surface area contributed by atoms with Crippen molar-refractivity contribution in [2.45, 2.75) is 11.8 Å². The molecule has 0 spiro atoms. The van der Waals surface area contributed by atoms with Crippen LogP contribution in [-0.2, 0) is 10.0 Å². The van der Waals surface area contributed by atoms with Gasteiger partial charge in [0.25, 0.3) is 10.0 Å². The number of aryl methyl sites for hydroxylation is 1. The second-order valence-electron chi connectivity index (χ2n) is 6.41. The molecule has 0 radical (unpaired) electrons. The number of hydrogen-bond donors (Lipinski definition) is 2. The van der Waals surface area contributed by atoms with E-state index in [1.165, 1.54) is 30.3 Å². The number of sulfonamides is 1. The quantitative estimate of drug-likeness (QED) is 0.503. The summed E-state index contributed by atoms with van der Waals surface area (Å²) < 4.78 is 41.6. The van der Waals surface area contributed by atoms with E-state index in [2.05, 4.69) is 20.0 Å². The fourth-order valence-corrected chi connectivity index (χ4v) is 4.12. The molecule has 0 atom stereocenters. The molecule has 4 rings (SSSR count). The number of hydrogen-bond acceptors (Lipinski definition) is 5. The summed E-state index contributed by atoms with van der Waals surface area (Å²) in [4.78, 5) is 9.09. The van der Waals surface area contributed by atoms with Gasteiger partial charge in [0.1, 0.15) is 5.82 Å². The van der Waals surface area contributed by atoms with Crippen molar-refractivity contribution in [1.29, 1.82) is 0 Å². The second-order valence-corrected chi connectivity index (χ2v) is 8.06. The average molecular weight is 408 g/mol. The van der Waals surface area contributed by atoms with Crippen molar-refractivity contribution in [1.82, 2.24) is 9.97 Å². The number of nitrogens with zero attached hydrogens (tertiary/aromatic N) is 2. The Morgan fingerprint density at radius 1 is 0.793 bits per heavy atom. The van der Waals surface area contributed by atoms with Crippen molar-refractivity contribution in [3.05, 3.63) is 84.2 Å². The summed E-state index contributed by atoms with van der Waals surface area (Å²) in [6, 6.07) is 19.5. The van der Waals surface area contributed by atoms with E-state index in [0.29, 0.717) is 22.3 Å². The highest BCUT2D eigenvalue weighted by Crippen LogP contribution is 2.27. The molecule has 1 heterocycles. The predicted molar refractivity (Wildman–Crippen MR) is 111 cm³/mol. The summed E-state index contributed by atoms with van der Waals surface area (Å²) in [5.41, 5.74) is 2.30. The summed E-state index contributed by atoms with van der Waals surface area (Å²) in [5.74, 6) is -0.107. The van der Waals surface area contributed by atoms with Gasteiger partial charge >= 0.3 is 0 Å². The molecule has 1 aromatic heterocycles. The molecule has 3 aromatic carbocycles. The van der Waals surface area contributed by atoms with Crippen LogP contribution in [-0.4, -0.2) is 18.4 Å². The Labute approximate surface area is 167 Å². The van der Waals surface area contributed by atoms with E-state index in [9.17, 15) is 12.8 Å². The third-order valence-electron chi connectivity index (χ3n) is 4.29. The molecule has 0 unspecified atom stereocenters. The Bertz CT molecular complexity index is 1290. The molecule has 0 aliphatic rings. The molecule has 0 amide bonds. The smallest absolute Gasteiger partial charge is 0.263 e. The van der Waals surface area contributed by atoms with Gasteiger partial charge in [0, 0.05) is 5.69 Å². The molecule has 146 valence electrons.